The predicted molar refractivity (Wildman–Crippen MR) is 88.8 cm³/mol. The van der Waals surface area contributed by atoms with Gasteiger partial charge in [-0.2, -0.15) is 0 Å². The Balaban J connectivity index is 1.83. The molecule has 1 atom stereocenters. The number of hydrogen-bond acceptors (Lipinski definition) is 3. The van der Waals surface area contributed by atoms with E-state index in [4.69, 9.17) is 4.74 Å². The van der Waals surface area contributed by atoms with Crippen molar-refractivity contribution in [2.45, 2.75) is 19.5 Å². The lowest BCUT2D eigenvalue weighted by Crippen LogP contribution is -2.46. The van der Waals surface area contributed by atoms with E-state index in [2.05, 4.69) is 34.0 Å². The summed E-state index contributed by atoms with van der Waals surface area (Å²) in [4.78, 5) is 4.31. The largest absolute Gasteiger partial charge is 0.504 e. The first kappa shape index (κ1) is 15.3. The van der Waals surface area contributed by atoms with E-state index in [1.165, 1.54) is 16.7 Å². The minimum absolute atomic E-state index is 0.222. The summed E-state index contributed by atoms with van der Waals surface area (Å²) in [6.07, 6.45) is 2.92. The highest BCUT2D eigenvalue weighted by Gasteiger charge is 2.29. The fraction of sp³-hybridized carbons (Fsp3) is 0.353. The summed E-state index contributed by atoms with van der Waals surface area (Å²) in [7, 11) is 3.84. The first-order chi connectivity index (χ1) is 10.5. The number of fused-ring (bicyclic) bond motifs is 1. The second-order valence-corrected chi connectivity index (χ2v) is 7.00. The second kappa shape index (κ2) is 5.89. The molecule has 1 aromatic heterocycles. The second-order valence-electron chi connectivity index (χ2n) is 6.19. The molecule has 3 rings (SSSR count). The molecule has 0 amide bonds. The van der Waals surface area contributed by atoms with Crippen LogP contribution in [0.25, 0.3) is 0 Å². The molecular formula is C17H20BrN2O2+. The SMILES string of the molecule is COc1cc2c(cc1O)C[N+](C)(Cc1ccc(Br)nc1)CC2. The summed E-state index contributed by atoms with van der Waals surface area (Å²) < 4.78 is 6.98. The molecule has 1 aliphatic heterocycles. The third kappa shape index (κ3) is 3.10. The Labute approximate surface area is 139 Å². The van der Waals surface area contributed by atoms with Crippen molar-refractivity contribution in [3.05, 3.63) is 51.8 Å². The average molecular weight is 364 g/mol. The Morgan fingerprint density at radius 2 is 2.14 bits per heavy atom. The number of benzene rings is 1. The number of nitrogens with zero attached hydrogens (tertiary/aromatic N) is 2. The number of phenols is 1. The highest BCUT2D eigenvalue weighted by Crippen LogP contribution is 2.34. The van der Waals surface area contributed by atoms with Gasteiger partial charge in [0, 0.05) is 23.7 Å². The van der Waals surface area contributed by atoms with E-state index in [1.54, 1.807) is 7.11 Å². The summed E-state index contributed by atoms with van der Waals surface area (Å²) >= 11 is 3.37. The number of hydrogen-bond donors (Lipinski definition) is 1. The topological polar surface area (TPSA) is 42.4 Å². The average Bonchev–Trinajstić information content (AvgIpc) is 2.49. The Kier molecular flexibility index (Phi) is 4.10. The number of ether oxygens (including phenoxy) is 1. The molecule has 116 valence electrons. The van der Waals surface area contributed by atoms with E-state index in [0.29, 0.717) is 5.75 Å². The molecule has 1 N–H and O–H groups in total. The zero-order valence-electron chi connectivity index (χ0n) is 12.8. The van der Waals surface area contributed by atoms with Gasteiger partial charge in [0.15, 0.2) is 11.5 Å². The first-order valence-electron chi connectivity index (χ1n) is 7.32. The van der Waals surface area contributed by atoms with Gasteiger partial charge in [-0.15, -0.1) is 0 Å². The summed E-state index contributed by atoms with van der Waals surface area (Å²) in [5.74, 6) is 0.784. The Hall–Kier alpha value is -1.59. The van der Waals surface area contributed by atoms with Crippen molar-refractivity contribution in [1.29, 1.82) is 0 Å². The number of rotatable bonds is 3. The van der Waals surface area contributed by atoms with Crippen LogP contribution < -0.4 is 4.74 Å². The third-order valence-corrected chi connectivity index (χ3v) is 4.80. The van der Waals surface area contributed by atoms with Crippen molar-refractivity contribution in [1.82, 2.24) is 4.98 Å². The molecule has 0 bridgehead atoms. The minimum atomic E-state index is 0.222. The van der Waals surface area contributed by atoms with Crippen LogP contribution in [0.1, 0.15) is 16.7 Å². The normalized spacial score (nSPS) is 20.5. The zero-order valence-corrected chi connectivity index (χ0v) is 14.4. The van der Waals surface area contributed by atoms with Crippen molar-refractivity contribution in [3.63, 3.8) is 0 Å². The van der Waals surface area contributed by atoms with Gasteiger partial charge in [-0.3, -0.25) is 0 Å². The summed E-state index contributed by atoms with van der Waals surface area (Å²) in [6, 6.07) is 7.91. The van der Waals surface area contributed by atoms with Gasteiger partial charge in [0.2, 0.25) is 0 Å². The molecule has 0 fully saturated rings. The molecule has 22 heavy (non-hydrogen) atoms. The van der Waals surface area contributed by atoms with Gasteiger partial charge in [0.1, 0.15) is 17.7 Å². The molecule has 1 unspecified atom stereocenters. The van der Waals surface area contributed by atoms with E-state index in [1.807, 2.05) is 24.4 Å². The fourth-order valence-corrected chi connectivity index (χ4v) is 3.39. The molecule has 0 spiro atoms. The van der Waals surface area contributed by atoms with Gasteiger partial charge in [0.25, 0.3) is 0 Å². The van der Waals surface area contributed by atoms with Crippen LogP contribution in [0.3, 0.4) is 0 Å². The number of aromatic nitrogens is 1. The van der Waals surface area contributed by atoms with Gasteiger partial charge in [-0.1, -0.05) is 0 Å². The van der Waals surface area contributed by atoms with Crippen LogP contribution in [0.4, 0.5) is 0 Å². The molecule has 0 saturated carbocycles. The zero-order chi connectivity index (χ0) is 15.7. The quantitative estimate of drug-likeness (QED) is 0.672. The van der Waals surface area contributed by atoms with Crippen molar-refractivity contribution < 1.29 is 14.3 Å². The molecule has 4 nitrogen and oxygen atoms in total. The standard InChI is InChI=1S/C17H19BrN2O2/c1-20(10-12-3-4-17(18)19-9-12)6-5-13-8-16(22-2)15(21)7-14(13)11-20/h3-4,7-9H,5-6,10-11H2,1-2H3/p+1. The van der Waals surface area contributed by atoms with Crippen molar-refractivity contribution >= 4 is 15.9 Å². The summed E-state index contributed by atoms with van der Waals surface area (Å²) in [5.41, 5.74) is 3.71. The van der Waals surface area contributed by atoms with Crippen molar-refractivity contribution in [2.24, 2.45) is 0 Å². The Bertz CT molecular complexity index is 688. The van der Waals surface area contributed by atoms with E-state index in [0.717, 1.165) is 35.1 Å². The van der Waals surface area contributed by atoms with E-state index in [-0.39, 0.29) is 5.75 Å². The number of likely N-dealkylation sites (N-methyl/N-ethyl adjacent to an activating group) is 1. The maximum atomic E-state index is 10.0. The van der Waals surface area contributed by atoms with E-state index >= 15 is 0 Å². The number of halogens is 1. The van der Waals surface area contributed by atoms with Crippen molar-refractivity contribution in [3.8, 4) is 11.5 Å². The van der Waals surface area contributed by atoms with Gasteiger partial charge in [-0.05, 0) is 45.8 Å². The van der Waals surface area contributed by atoms with Crippen LogP contribution >= 0.6 is 15.9 Å². The van der Waals surface area contributed by atoms with E-state index < -0.39 is 0 Å². The predicted octanol–water partition coefficient (Wildman–Crippen LogP) is 3.26. The maximum absolute atomic E-state index is 10.0. The number of phenolic OH excluding ortho intramolecular Hbond substituents is 1. The Morgan fingerprint density at radius 3 is 2.82 bits per heavy atom. The fourth-order valence-electron chi connectivity index (χ4n) is 3.15. The highest BCUT2D eigenvalue weighted by atomic mass is 79.9. The summed E-state index contributed by atoms with van der Waals surface area (Å²) in [5, 5.41) is 10.0. The molecule has 1 aromatic carbocycles. The van der Waals surface area contributed by atoms with E-state index in [9.17, 15) is 5.11 Å². The van der Waals surface area contributed by atoms with Crippen molar-refractivity contribution in [2.75, 3.05) is 20.7 Å². The molecule has 1 aliphatic rings. The van der Waals surface area contributed by atoms with Crippen LogP contribution in [0.5, 0.6) is 11.5 Å². The van der Waals surface area contributed by atoms with Crippen LogP contribution in [-0.2, 0) is 19.5 Å². The number of pyridine rings is 1. The molecule has 0 aliphatic carbocycles. The lowest BCUT2D eigenvalue weighted by atomic mass is 9.96. The number of quaternary nitrogens is 1. The third-order valence-electron chi connectivity index (χ3n) is 4.33. The lowest BCUT2D eigenvalue weighted by molar-refractivity contribution is -0.937. The first-order valence-corrected chi connectivity index (χ1v) is 8.11. The molecular weight excluding hydrogens is 344 g/mol. The van der Waals surface area contributed by atoms with Crippen LogP contribution in [-0.4, -0.2) is 35.3 Å². The smallest absolute Gasteiger partial charge is 0.160 e. The monoisotopic (exact) mass is 363 g/mol. The van der Waals surface area contributed by atoms with Gasteiger partial charge in [-0.25, -0.2) is 4.98 Å². The molecule has 0 radical (unpaired) electrons. The summed E-state index contributed by atoms with van der Waals surface area (Å²) in [6.45, 7) is 2.91. The lowest BCUT2D eigenvalue weighted by Gasteiger charge is -2.39. The van der Waals surface area contributed by atoms with Crippen LogP contribution in [0.2, 0.25) is 0 Å². The maximum Gasteiger partial charge on any atom is 0.160 e. The van der Waals surface area contributed by atoms with Crippen LogP contribution in [0.15, 0.2) is 35.1 Å². The van der Waals surface area contributed by atoms with Gasteiger partial charge >= 0.3 is 0 Å². The molecule has 0 saturated heterocycles. The van der Waals surface area contributed by atoms with Gasteiger partial charge < -0.3 is 14.3 Å². The number of aromatic hydroxyl groups is 1. The molecule has 2 heterocycles. The number of methoxy groups -OCH3 is 1. The molecule has 5 heteroatoms. The Morgan fingerprint density at radius 1 is 1.32 bits per heavy atom. The van der Waals surface area contributed by atoms with Gasteiger partial charge in [0.05, 0.1) is 20.7 Å². The van der Waals surface area contributed by atoms with Crippen LogP contribution in [0, 0.1) is 0 Å². The highest BCUT2D eigenvalue weighted by molar-refractivity contribution is 9.10. The minimum Gasteiger partial charge on any atom is -0.504 e. The molecule has 2 aromatic rings.